The molecule has 0 aliphatic heterocycles. The van der Waals surface area contributed by atoms with Gasteiger partial charge < -0.3 is 14.1 Å². The normalized spacial score (nSPS) is 13.5. The lowest BCUT2D eigenvalue weighted by Crippen LogP contribution is -2.68. The molecule has 0 radical (unpaired) electrons. The summed E-state index contributed by atoms with van der Waals surface area (Å²) in [6, 6.07) is 34.6. The predicted molar refractivity (Wildman–Crippen MR) is 213 cm³/mol. The van der Waals surface area contributed by atoms with Crippen LogP contribution in [-0.4, -0.2) is 43.2 Å². The topological polar surface area (TPSA) is 85.7 Å². The molecule has 6 rings (SSSR count). The molecule has 1 heterocycles. The Balaban J connectivity index is 1.30. The van der Waals surface area contributed by atoms with Crippen molar-refractivity contribution in [2.45, 2.75) is 64.5 Å². The lowest BCUT2D eigenvalue weighted by Gasteiger charge is -2.45. The summed E-state index contributed by atoms with van der Waals surface area (Å²) in [5.74, 6) is 5.07. The molecule has 2 atom stereocenters. The highest BCUT2D eigenvalue weighted by Gasteiger charge is 2.51. The van der Waals surface area contributed by atoms with Gasteiger partial charge in [0.05, 0.1) is 29.5 Å². The number of aliphatic carboxylic acids is 1. The van der Waals surface area contributed by atoms with E-state index in [1.807, 2.05) is 72.8 Å². The minimum atomic E-state index is -3.12. The summed E-state index contributed by atoms with van der Waals surface area (Å²) in [5.41, 5.74) is 7.53. The van der Waals surface area contributed by atoms with Gasteiger partial charge in [0.1, 0.15) is 12.4 Å². The molecule has 6 nitrogen and oxygen atoms in total. The molecule has 53 heavy (non-hydrogen) atoms. The van der Waals surface area contributed by atoms with Crippen molar-refractivity contribution in [1.29, 1.82) is 0 Å². The van der Waals surface area contributed by atoms with Crippen LogP contribution in [0.1, 0.15) is 69.3 Å². The van der Waals surface area contributed by atoms with Crippen LogP contribution in [0.3, 0.4) is 0 Å². The van der Waals surface area contributed by atoms with Crippen molar-refractivity contribution >= 4 is 32.7 Å². The summed E-state index contributed by atoms with van der Waals surface area (Å²) in [7, 11) is -5.90. The van der Waals surface area contributed by atoms with E-state index in [9.17, 15) is 18.9 Å². The average molecular weight is 746 g/mol. The molecule has 5 aromatic rings. The summed E-state index contributed by atoms with van der Waals surface area (Å²) >= 11 is 0. The number of pyridine rings is 1. The SMILES string of the molecule is CC(C)c1nc2c(c(-c3ccc(F)cc3)c1C#CCO[PH](=O)C[C@H](CC(=O)O)O[Si](c1ccccc1)(c1ccccc1)C(C)(C)C)Cc1ccccc1-2. The molecule has 272 valence electrons. The van der Waals surface area contributed by atoms with Gasteiger partial charge in [-0.05, 0) is 50.2 Å². The third-order valence-corrected chi connectivity index (χ3v) is 16.1. The molecule has 1 N–H and O–H groups in total. The van der Waals surface area contributed by atoms with Crippen LogP contribution in [0.4, 0.5) is 4.39 Å². The first-order chi connectivity index (χ1) is 25.4. The number of benzene rings is 4. The fourth-order valence-corrected chi connectivity index (χ4v) is 13.2. The Kier molecular flexibility index (Phi) is 11.6. The third kappa shape index (κ3) is 8.15. The molecule has 1 aliphatic carbocycles. The Morgan fingerprint density at radius 2 is 1.53 bits per heavy atom. The molecule has 0 spiro atoms. The van der Waals surface area contributed by atoms with Crippen LogP contribution >= 0.6 is 8.03 Å². The van der Waals surface area contributed by atoms with Crippen LogP contribution in [0.2, 0.25) is 5.04 Å². The highest BCUT2D eigenvalue weighted by molar-refractivity contribution is 7.39. The Hall–Kier alpha value is -4.64. The fraction of sp³-hybridized carbons (Fsp3) is 0.273. The van der Waals surface area contributed by atoms with E-state index in [0.29, 0.717) is 6.42 Å². The number of aromatic nitrogens is 1. The average Bonchev–Trinajstić information content (AvgIpc) is 3.50. The van der Waals surface area contributed by atoms with E-state index >= 15 is 0 Å². The highest BCUT2D eigenvalue weighted by atomic mass is 31.1. The number of hydrogen-bond acceptors (Lipinski definition) is 5. The second-order valence-corrected chi connectivity index (χ2v) is 20.4. The van der Waals surface area contributed by atoms with Gasteiger partial charge in [0.25, 0.3) is 8.32 Å². The van der Waals surface area contributed by atoms with Crippen molar-refractivity contribution < 1.29 is 27.8 Å². The van der Waals surface area contributed by atoms with Crippen LogP contribution < -0.4 is 10.4 Å². The van der Waals surface area contributed by atoms with Gasteiger partial charge in [-0.15, -0.1) is 0 Å². The number of hydrogen-bond donors (Lipinski definition) is 1. The number of carboxylic acids is 1. The fourth-order valence-electron chi connectivity index (χ4n) is 7.39. The summed E-state index contributed by atoms with van der Waals surface area (Å²) in [4.78, 5) is 17.3. The molecule has 1 unspecified atom stereocenters. The van der Waals surface area contributed by atoms with E-state index in [-0.39, 0.29) is 30.9 Å². The minimum absolute atomic E-state index is 0.0343. The molecule has 9 heteroatoms. The van der Waals surface area contributed by atoms with E-state index in [1.54, 1.807) is 12.1 Å². The molecule has 0 bridgehead atoms. The van der Waals surface area contributed by atoms with Gasteiger partial charge in [0, 0.05) is 23.7 Å². The van der Waals surface area contributed by atoms with Gasteiger partial charge in [-0.2, -0.15) is 0 Å². The Labute approximate surface area is 313 Å². The Morgan fingerprint density at radius 3 is 2.11 bits per heavy atom. The van der Waals surface area contributed by atoms with E-state index in [0.717, 1.165) is 49.6 Å². The van der Waals surface area contributed by atoms with Crippen molar-refractivity contribution in [2.75, 3.05) is 12.8 Å². The molecular weight excluding hydrogens is 701 g/mol. The maximum atomic E-state index is 14.1. The smallest absolute Gasteiger partial charge is 0.305 e. The maximum Gasteiger partial charge on any atom is 0.305 e. The van der Waals surface area contributed by atoms with Crippen LogP contribution in [0.15, 0.2) is 109 Å². The summed E-state index contributed by atoms with van der Waals surface area (Å²) in [6.07, 6.45) is -0.574. The van der Waals surface area contributed by atoms with Crippen molar-refractivity contribution in [3.05, 3.63) is 137 Å². The largest absolute Gasteiger partial charge is 0.481 e. The summed E-state index contributed by atoms with van der Waals surface area (Å²) in [6.45, 7) is 10.4. The zero-order valence-electron chi connectivity index (χ0n) is 30.8. The first-order valence-electron chi connectivity index (χ1n) is 17.9. The number of nitrogens with zero attached hydrogens (tertiary/aromatic N) is 1. The monoisotopic (exact) mass is 745 g/mol. The zero-order chi connectivity index (χ0) is 37.8. The van der Waals surface area contributed by atoms with Crippen LogP contribution in [0, 0.1) is 17.7 Å². The molecule has 0 saturated carbocycles. The third-order valence-electron chi connectivity index (χ3n) is 9.72. The number of carbonyl (C=O) groups is 1. The first kappa shape index (κ1) is 38.1. The number of halogens is 1. The van der Waals surface area contributed by atoms with Crippen LogP contribution in [-0.2, 0) is 24.7 Å². The predicted octanol–water partition coefficient (Wildman–Crippen LogP) is 8.85. The zero-order valence-corrected chi connectivity index (χ0v) is 32.8. The van der Waals surface area contributed by atoms with Gasteiger partial charge >= 0.3 is 5.97 Å². The molecular formula is C44H45FNO5PSi. The number of rotatable bonds is 12. The first-order valence-corrected chi connectivity index (χ1v) is 21.4. The van der Waals surface area contributed by atoms with E-state index < -0.39 is 33.5 Å². The Bertz CT molecular complexity index is 2130. The molecule has 1 aromatic heterocycles. The van der Waals surface area contributed by atoms with Crippen LogP contribution in [0.25, 0.3) is 22.4 Å². The molecule has 1 aliphatic rings. The van der Waals surface area contributed by atoms with Gasteiger partial charge in [-0.25, -0.2) is 4.39 Å². The second-order valence-electron chi connectivity index (χ2n) is 14.7. The molecule has 0 fully saturated rings. The maximum absolute atomic E-state index is 14.1. The van der Waals surface area contributed by atoms with Crippen molar-refractivity contribution in [3.63, 3.8) is 0 Å². The lowest BCUT2D eigenvalue weighted by atomic mass is 9.89. The number of fused-ring (bicyclic) bond motifs is 3. The van der Waals surface area contributed by atoms with Crippen molar-refractivity contribution in [3.8, 4) is 34.2 Å². The van der Waals surface area contributed by atoms with Gasteiger partial charge in [0.2, 0.25) is 0 Å². The van der Waals surface area contributed by atoms with Crippen LogP contribution in [0.5, 0.6) is 0 Å². The molecule has 0 saturated heterocycles. The van der Waals surface area contributed by atoms with E-state index in [2.05, 4.69) is 58.6 Å². The van der Waals surface area contributed by atoms with E-state index in [1.165, 1.54) is 17.7 Å². The number of carboxylic acid groups (broad SMARTS) is 1. The standard InChI is InChI=1S/C44H45FNO5PSi/c1-30(2)42-38(41(31-22-24-33(45)25-23-31)39-27-32-15-12-13-20-37(32)43(39)46-42)21-14-26-50-52(49)29-34(28-40(47)48)51-53(44(3,4)5,35-16-8-6-9-17-35)36-18-10-7-11-19-36/h6-13,15-20,22-25,30,34,52H,26-29H2,1-5H3,(H,47,48)/t34-/m0/s1. The minimum Gasteiger partial charge on any atom is -0.481 e. The molecule has 4 aromatic carbocycles. The van der Waals surface area contributed by atoms with Gasteiger partial charge in [0.15, 0.2) is 8.03 Å². The summed E-state index contributed by atoms with van der Waals surface area (Å²) < 4.78 is 40.6. The summed E-state index contributed by atoms with van der Waals surface area (Å²) in [5, 5.41) is 11.6. The van der Waals surface area contributed by atoms with Crippen molar-refractivity contribution in [2.24, 2.45) is 0 Å². The van der Waals surface area contributed by atoms with Gasteiger partial charge in [-0.1, -0.05) is 144 Å². The second kappa shape index (κ2) is 16.2. The van der Waals surface area contributed by atoms with Crippen molar-refractivity contribution in [1.82, 2.24) is 4.98 Å². The Morgan fingerprint density at radius 1 is 0.925 bits per heavy atom. The lowest BCUT2D eigenvalue weighted by molar-refractivity contribution is -0.138. The molecule has 0 amide bonds. The quantitative estimate of drug-likeness (QED) is 0.0766. The van der Waals surface area contributed by atoms with E-state index in [4.69, 9.17) is 13.9 Å². The van der Waals surface area contributed by atoms with Gasteiger partial charge in [-0.3, -0.25) is 14.3 Å². The highest BCUT2D eigenvalue weighted by Crippen LogP contribution is 2.44.